The largest absolute Gasteiger partial charge is 0.292 e. The van der Waals surface area contributed by atoms with Crippen LogP contribution in [0.1, 0.15) is 21.6 Å². The molecule has 92 valence electrons. The Bertz CT molecular complexity index is 598. The van der Waals surface area contributed by atoms with Crippen LogP contribution in [0.5, 0.6) is 0 Å². The third-order valence-electron chi connectivity index (χ3n) is 2.55. The number of nitrogens with zero attached hydrogens (tertiary/aromatic N) is 1. The quantitative estimate of drug-likeness (QED) is 0.809. The topological polar surface area (TPSA) is 30.0 Å². The molecule has 1 aromatic heterocycles. The summed E-state index contributed by atoms with van der Waals surface area (Å²) < 4.78 is 13.4. The number of carbonyl (C=O) groups excluding carboxylic acids is 1. The number of aryl methyl sites for hydroxylation is 1. The maximum absolute atomic E-state index is 13.1. The van der Waals surface area contributed by atoms with Crippen LogP contribution >= 0.6 is 15.9 Å². The molecule has 0 atom stereocenters. The Balaban J connectivity index is 2.18. The normalized spacial score (nSPS) is 10.4. The number of rotatable bonds is 3. The molecule has 4 heteroatoms. The van der Waals surface area contributed by atoms with Crippen molar-refractivity contribution >= 4 is 21.7 Å². The van der Waals surface area contributed by atoms with Crippen LogP contribution in [0.15, 0.2) is 41.0 Å². The van der Waals surface area contributed by atoms with E-state index in [4.69, 9.17) is 0 Å². The summed E-state index contributed by atoms with van der Waals surface area (Å²) in [6, 6.07) is 8.15. The molecule has 1 heterocycles. The van der Waals surface area contributed by atoms with E-state index < -0.39 is 0 Å². The van der Waals surface area contributed by atoms with Crippen molar-refractivity contribution in [3.8, 4) is 0 Å². The van der Waals surface area contributed by atoms with Gasteiger partial charge in [-0.05, 0) is 58.2 Å². The number of benzene rings is 1. The lowest BCUT2D eigenvalue weighted by Gasteiger charge is -2.03. The predicted octanol–water partition coefficient (Wildman–Crippen LogP) is 3.72. The first kappa shape index (κ1) is 12.9. The molecule has 0 radical (unpaired) electrons. The zero-order valence-electron chi connectivity index (χ0n) is 9.78. The fraction of sp³-hybridized carbons (Fsp3) is 0.143. The van der Waals surface area contributed by atoms with Crippen LogP contribution < -0.4 is 0 Å². The van der Waals surface area contributed by atoms with Crippen LogP contribution in [-0.4, -0.2) is 10.8 Å². The van der Waals surface area contributed by atoms with Crippen molar-refractivity contribution in [1.29, 1.82) is 0 Å². The fourth-order valence-electron chi connectivity index (χ4n) is 1.61. The van der Waals surface area contributed by atoms with Gasteiger partial charge in [-0.1, -0.05) is 6.07 Å². The summed E-state index contributed by atoms with van der Waals surface area (Å²) in [4.78, 5) is 16.0. The van der Waals surface area contributed by atoms with E-state index in [1.165, 1.54) is 6.07 Å². The average Bonchev–Trinajstić information content (AvgIpc) is 2.34. The zero-order valence-corrected chi connectivity index (χ0v) is 11.4. The second-order valence-electron chi connectivity index (χ2n) is 4.07. The van der Waals surface area contributed by atoms with Crippen molar-refractivity contribution in [3.63, 3.8) is 0 Å². The van der Waals surface area contributed by atoms with E-state index in [-0.39, 0.29) is 18.0 Å². The number of carbonyl (C=O) groups is 1. The molecule has 0 saturated carbocycles. The molecule has 0 aliphatic carbocycles. The van der Waals surface area contributed by atoms with E-state index >= 15 is 0 Å². The molecule has 0 saturated heterocycles. The predicted molar refractivity (Wildman–Crippen MR) is 71.1 cm³/mol. The van der Waals surface area contributed by atoms with Crippen LogP contribution in [0.2, 0.25) is 0 Å². The summed E-state index contributed by atoms with van der Waals surface area (Å²) in [5, 5.41) is 0. The average molecular weight is 308 g/mol. The van der Waals surface area contributed by atoms with E-state index in [9.17, 15) is 9.18 Å². The molecule has 18 heavy (non-hydrogen) atoms. The summed E-state index contributed by atoms with van der Waals surface area (Å²) in [7, 11) is 0. The Morgan fingerprint density at radius 2 is 2.11 bits per heavy atom. The van der Waals surface area contributed by atoms with Crippen molar-refractivity contribution in [2.75, 3.05) is 0 Å². The second-order valence-corrected chi connectivity index (χ2v) is 4.92. The summed E-state index contributed by atoms with van der Waals surface area (Å²) in [6.07, 6.45) is 1.83. The minimum absolute atomic E-state index is 0.0720. The second kappa shape index (κ2) is 5.40. The Morgan fingerprint density at radius 1 is 1.33 bits per heavy atom. The lowest BCUT2D eigenvalue weighted by atomic mass is 10.1. The SMILES string of the molecule is Cc1ccnc(C(=O)Cc2ccc(F)c(Br)c2)c1. The van der Waals surface area contributed by atoms with Gasteiger partial charge < -0.3 is 0 Å². The van der Waals surface area contributed by atoms with Crippen LogP contribution in [0.3, 0.4) is 0 Å². The van der Waals surface area contributed by atoms with Crippen LogP contribution in [-0.2, 0) is 6.42 Å². The van der Waals surface area contributed by atoms with Gasteiger partial charge in [0, 0.05) is 12.6 Å². The lowest BCUT2D eigenvalue weighted by molar-refractivity contribution is 0.0988. The van der Waals surface area contributed by atoms with Crippen LogP contribution in [0.25, 0.3) is 0 Å². The highest BCUT2D eigenvalue weighted by molar-refractivity contribution is 9.10. The van der Waals surface area contributed by atoms with Gasteiger partial charge in [-0.25, -0.2) is 4.39 Å². The molecule has 0 aliphatic rings. The van der Waals surface area contributed by atoms with Crippen molar-refractivity contribution in [3.05, 3.63) is 63.6 Å². The number of hydrogen-bond acceptors (Lipinski definition) is 2. The van der Waals surface area contributed by atoms with Gasteiger partial charge in [0.1, 0.15) is 11.5 Å². The zero-order chi connectivity index (χ0) is 13.1. The van der Waals surface area contributed by atoms with E-state index in [0.717, 1.165) is 11.1 Å². The number of halogens is 2. The Kier molecular flexibility index (Phi) is 3.87. The molecule has 0 fully saturated rings. The Labute approximate surface area is 113 Å². The van der Waals surface area contributed by atoms with Gasteiger partial charge in [0.05, 0.1) is 4.47 Å². The fourth-order valence-corrected chi connectivity index (χ4v) is 2.04. The Hall–Kier alpha value is -1.55. The molecule has 0 unspecified atom stereocenters. The van der Waals surface area contributed by atoms with Crippen molar-refractivity contribution < 1.29 is 9.18 Å². The third-order valence-corrected chi connectivity index (χ3v) is 3.16. The van der Waals surface area contributed by atoms with E-state index in [1.807, 2.05) is 13.0 Å². The summed E-state index contributed by atoms with van der Waals surface area (Å²) >= 11 is 3.10. The monoisotopic (exact) mass is 307 g/mol. The number of hydrogen-bond donors (Lipinski definition) is 0. The number of Topliss-reactive ketones (excluding diaryl/α,β-unsaturated/α-hetero) is 1. The molecule has 0 aliphatic heterocycles. The molecular formula is C14H11BrFNO. The van der Waals surface area contributed by atoms with Gasteiger partial charge in [0.25, 0.3) is 0 Å². The number of aromatic nitrogens is 1. The van der Waals surface area contributed by atoms with E-state index in [1.54, 1.807) is 24.4 Å². The first-order valence-electron chi connectivity index (χ1n) is 5.46. The molecule has 2 aromatic rings. The van der Waals surface area contributed by atoms with Gasteiger partial charge in [-0.15, -0.1) is 0 Å². The molecule has 1 aromatic carbocycles. The highest BCUT2D eigenvalue weighted by atomic mass is 79.9. The minimum Gasteiger partial charge on any atom is -0.292 e. The third kappa shape index (κ3) is 3.01. The number of pyridine rings is 1. The smallest absolute Gasteiger partial charge is 0.185 e. The molecule has 2 rings (SSSR count). The molecule has 0 bridgehead atoms. The van der Waals surface area contributed by atoms with Gasteiger partial charge in [-0.3, -0.25) is 9.78 Å². The lowest BCUT2D eigenvalue weighted by Crippen LogP contribution is -2.06. The minimum atomic E-state index is -0.333. The Morgan fingerprint density at radius 3 is 2.78 bits per heavy atom. The van der Waals surface area contributed by atoms with Crippen LogP contribution in [0.4, 0.5) is 4.39 Å². The molecule has 2 nitrogen and oxygen atoms in total. The molecule has 0 N–H and O–H groups in total. The maximum atomic E-state index is 13.1. The van der Waals surface area contributed by atoms with Gasteiger partial charge in [-0.2, -0.15) is 0 Å². The first-order valence-corrected chi connectivity index (χ1v) is 6.25. The summed E-state index contributed by atoms with van der Waals surface area (Å²) in [5.41, 5.74) is 2.20. The van der Waals surface area contributed by atoms with Gasteiger partial charge in [0.15, 0.2) is 5.78 Å². The number of ketones is 1. The molecule has 0 spiro atoms. The van der Waals surface area contributed by atoms with E-state index in [0.29, 0.717) is 10.2 Å². The summed E-state index contributed by atoms with van der Waals surface area (Å²) in [6.45, 7) is 1.91. The maximum Gasteiger partial charge on any atom is 0.185 e. The van der Waals surface area contributed by atoms with Gasteiger partial charge >= 0.3 is 0 Å². The van der Waals surface area contributed by atoms with Crippen LogP contribution in [0, 0.1) is 12.7 Å². The highest BCUT2D eigenvalue weighted by Gasteiger charge is 2.10. The van der Waals surface area contributed by atoms with Crippen molar-refractivity contribution in [2.24, 2.45) is 0 Å². The first-order chi connectivity index (χ1) is 8.56. The van der Waals surface area contributed by atoms with Crippen molar-refractivity contribution in [1.82, 2.24) is 4.98 Å². The van der Waals surface area contributed by atoms with E-state index in [2.05, 4.69) is 20.9 Å². The standard InChI is InChI=1S/C14H11BrFNO/c1-9-4-5-17-13(6-9)14(18)8-10-2-3-12(16)11(15)7-10/h2-7H,8H2,1H3. The molecule has 0 amide bonds. The summed E-state index contributed by atoms with van der Waals surface area (Å²) in [5.74, 6) is -0.405. The van der Waals surface area contributed by atoms with Crippen molar-refractivity contribution in [2.45, 2.75) is 13.3 Å². The highest BCUT2D eigenvalue weighted by Crippen LogP contribution is 2.18. The molecular weight excluding hydrogens is 297 g/mol. The van der Waals surface area contributed by atoms with Gasteiger partial charge in [0.2, 0.25) is 0 Å².